The van der Waals surface area contributed by atoms with E-state index in [0.717, 1.165) is 12.8 Å². The number of hydrogen-bond donors (Lipinski definition) is 2. The minimum Gasteiger partial charge on any atom is -0.389 e. The molecule has 1 aromatic heterocycles. The molecule has 2 rings (SSSR count). The van der Waals surface area contributed by atoms with Gasteiger partial charge in [-0.05, 0) is 12.8 Å². The molecule has 1 heterocycles. The number of methoxy groups -OCH3 is 1. The maximum absolute atomic E-state index is 12.0. The molecule has 8 heteroatoms. The van der Waals surface area contributed by atoms with Crippen molar-refractivity contribution in [2.75, 3.05) is 20.3 Å². The third kappa shape index (κ3) is 3.34. The van der Waals surface area contributed by atoms with Crippen molar-refractivity contribution in [2.45, 2.75) is 25.0 Å². The molecule has 1 amide bonds. The lowest BCUT2D eigenvalue weighted by Crippen LogP contribution is -2.35. The smallest absolute Gasteiger partial charge is 0.287 e. The first kappa shape index (κ1) is 14.5. The first-order valence-electron chi connectivity index (χ1n) is 6.34. The molecule has 1 aliphatic carbocycles. The zero-order valence-electron chi connectivity index (χ0n) is 11.1. The largest absolute Gasteiger partial charge is 0.389 e. The Morgan fingerprint density at radius 1 is 1.70 bits per heavy atom. The molecule has 0 aromatic carbocycles. The van der Waals surface area contributed by atoms with Gasteiger partial charge in [-0.1, -0.05) is 0 Å². The van der Waals surface area contributed by atoms with Crippen LogP contribution in [0.25, 0.3) is 0 Å². The molecule has 8 nitrogen and oxygen atoms in total. The quantitative estimate of drug-likeness (QED) is 0.558. The van der Waals surface area contributed by atoms with Crippen molar-refractivity contribution in [3.8, 4) is 0 Å². The van der Waals surface area contributed by atoms with Gasteiger partial charge in [-0.25, -0.2) is 0 Å². The topological polar surface area (TPSA) is 107 Å². The number of aliphatic hydroxyl groups is 1. The summed E-state index contributed by atoms with van der Waals surface area (Å²) in [4.78, 5) is 22.3. The maximum Gasteiger partial charge on any atom is 0.287 e. The van der Waals surface area contributed by atoms with E-state index in [0.29, 0.717) is 0 Å². The number of nitrogens with one attached hydrogen (secondary N) is 1. The van der Waals surface area contributed by atoms with Crippen molar-refractivity contribution < 1.29 is 19.6 Å². The molecule has 1 atom stereocenters. The van der Waals surface area contributed by atoms with E-state index in [2.05, 4.69) is 5.32 Å². The van der Waals surface area contributed by atoms with E-state index in [1.807, 2.05) is 0 Å². The molecule has 0 bridgehead atoms. The zero-order valence-corrected chi connectivity index (χ0v) is 11.1. The van der Waals surface area contributed by atoms with Gasteiger partial charge in [0, 0.05) is 25.8 Å². The number of hydrogen-bond acceptors (Lipinski definition) is 5. The summed E-state index contributed by atoms with van der Waals surface area (Å²) in [5, 5.41) is 22.8. The number of aliphatic hydroxyl groups excluding tert-OH is 1. The lowest BCUT2D eigenvalue weighted by Gasteiger charge is -2.11. The molecule has 110 valence electrons. The number of amides is 1. The van der Waals surface area contributed by atoms with Crippen molar-refractivity contribution in [3.63, 3.8) is 0 Å². The van der Waals surface area contributed by atoms with Crippen LogP contribution in [0, 0.1) is 10.1 Å². The van der Waals surface area contributed by atoms with E-state index in [1.165, 1.54) is 19.4 Å². The zero-order chi connectivity index (χ0) is 14.7. The lowest BCUT2D eigenvalue weighted by molar-refractivity contribution is -0.384. The van der Waals surface area contributed by atoms with Gasteiger partial charge in [0.2, 0.25) is 0 Å². The highest BCUT2D eigenvalue weighted by atomic mass is 16.6. The second-order valence-corrected chi connectivity index (χ2v) is 4.80. The van der Waals surface area contributed by atoms with Crippen LogP contribution in [0.5, 0.6) is 0 Å². The van der Waals surface area contributed by atoms with E-state index in [9.17, 15) is 20.0 Å². The predicted octanol–water partition coefficient (Wildman–Crippen LogP) is 0.468. The molecule has 20 heavy (non-hydrogen) atoms. The summed E-state index contributed by atoms with van der Waals surface area (Å²) in [6, 6.07) is 1.42. The Kier molecular flexibility index (Phi) is 4.35. The molecule has 1 aromatic rings. The van der Waals surface area contributed by atoms with Crippen LogP contribution >= 0.6 is 0 Å². The highest BCUT2D eigenvalue weighted by molar-refractivity contribution is 5.93. The van der Waals surface area contributed by atoms with Gasteiger partial charge in [0.15, 0.2) is 0 Å². The van der Waals surface area contributed by atoms with Crippen molar-refractivity contribution in [1.82, 2.24) is 9.88 Å². The minimum atomic E-state index is -0.803. The number of nitro groups is 1. The number of aromatic nitrogens is 1. The fourth-order valence-electron chi connectivity index (χ4n) is 1.95. The second-order valence-electron chi connectivity index (χ2n) is 4.80. The van der Waals surface area contributed by atoms with E-state index in [1.54, 1.807) is 4.57 Å². The van der Waals surface area contributed by atoms with Crippen LogP contribution in [0.1, 0.15) is 29.4 Å². The Labute approximate surface area is 115 Å². The fourth-order valence-corrected chi connectivity index (χ4v) is 1.95. The highest BCUT2D eigenvalue weighted by Gasteiger charge is 2.30. The minimum absolute atomic E-state index is 0.0380. The molecule has 1 aliphatic rings. The predicted molar refractivity (Wildman–Crippen MR) is 69.6 cm³/mol. The van der Waals surface area contributed by atoms with Crippen LogP contribution in [-0.2, 0) is 4.74 Å². The Balaban J connectivity index is 2.06. The Bertz CT molecular complexity index is 509. The van der Waals surface area contributed by atoms with Crippen LogP contribution in [0.3, 0.4) is 0 Å². The molecule has 2 N–H and O–H groups in total. The van der Waals surface area contributed by atoms with Crippen molar-refractivity contribution in [1.29, 1.82) is 0 Å². The third-order valence-electron chi connectivity index (χ3n) is 3.08. The van der Waals surface area contributed by atoms with Gasteiger partial charge in [0.1, 0.15) is 5.69 Å². The first-order chi connectivity index (χ1) is 9.52. The third-order valence-corrected chi connectivity index (χ3v) is 3.08. The van der Waals surface area contributed by atoms with Crippen LogP contribution < -0.4 is 5.32 Å². The van der Waals surface area contributed by atoms with Crippen LogP contribution in [-0.4, -0.2) is 46.9 Å². The SMILES string of the molecule is COCC(O)CNC(=O)c1cc([N+](=O)[O-])cn1C1CC1. The molecule has 1 unspecified atom stereocenters. The van der Waals surface area contributed by atoms with E-state index in [4.69, 9.17) is 4.74 Å². The number of carbonyl (C=O) groups is 1. The molecule has 1 saturated carbocycles. The average molecular weight is 283 g/mol. The molecular formula is C12H17N3O5. The van der Waals surface area contributed by atoms with E-state index < -0.39 is 16.9 Å². The summed E-state index contributed by atoms with van der Waals surface area (Å²) >= 11 is 0. The monoisotopic (exact) mass is 283 g/mol. The molecule has 0 radical (unpaired) electrons. The summed E-state index contributed by atoms with van der Waals surface area (Å²) in [6.45, 7) is 0.153. The van der Waals surface area contributed by atoms with Crippen LogP contribution in [0.2, 0.25) is 0 Å². The Morgan fingerprint density at radius 3 is 2.95 bits per heavy atom. The summed E-state index contributed by atoms with van der Waals surface area (Å²) in [5.41, 5.74) is 0.156. The van der Waals surface area contributed by atoms with E-state index >= 15 is 0 Å². The maximum atomic E-state index is 12.0. The van der Waals surface area contributed by atoms with Crippen LogP contribution in [0.15, 0.2) is 12.3 Å². The van der Waals surface area contributed by atoms with Crippen molar-refractivity contribution in [2.24, 2.45) is 0 Å². The van der Waals surface area contributed by atoms with Crippen molar-refractivity contribution >= 4 is 11.6 Å². The van der Waals surface area contributed by atoms with Crippen LogP contribution in [0.4, 0.5) is 5.69 Å². The first-order valence-corrected chi connectivity index (χ1v) is 6.34. The number of rotatable bonds is 7. The number of nitrogens with zero attached hydrogens (tertiary/aromatic N) is 2. The second kappa shape index (κ2) is 6.02. The number of ether oxygens (including phenoxy) is 1. The summed E-state index contributed by atoms with van der Waals surface area (Å²) in [5.74, 6) is -0.430. The standard InChI is InChI=1S/C12H17N3O5/c1-20-7-10(16)5-13-12(17)11-4-9(15(18)19)6-14(11)8-2-3-8/h4,6,8,10,16H,2-3,5,7H2,1H3,(H,13,17). The van der Waals surface area contributed by atoms with Crippen molar-refractivity contribution in [3.05, 3.63) is 28.1 Å². The fraction of sp³-hybridized carbons (Fsp3) is 0.583. The van der Waals surface area contributed by atoms with E-state index in [-0.39, 0.29) is 30.6 Å². The normalized spacial score (nSPS) is 15.9. The van der Waals surface area contributed by atoms with Gasteiger partial charge in [-0.3, -0.25) is 14.9 Å². The summed E-state index contributed by atoms with van der Waals surface area (Å²) in [6.07, 6.45) is 2.41. The van der Waals surface area contributed by atoms with Gasteiger partial charge >= 0.3 is 0 Å². The Morgan fingerprint density at radius 2 is 2.40 bits per heavy atom. The molecular weight excluding hydrogens is 266 g/mol. The summed E-state index contributed by atoms with van der Waals surface area (Å²) in [7, 11) is 1.45. The average Bonchev–Trinajstić information content (AvgIpc) is 3.14. The molecule has 1 fully saturated rings. The lowest BCUT2D eigenvalue weighted by atomic mass is 10.3. The summed E-state index contributed by atoms with van der Waals surface area (Å²) < 4.78 is 6.39. The van der Waals surface area contributed by atoms with Gasteiger partial charge in [-0.2, -0.15) is 0 Å². The highest BCUT2D eigenvalue weighted by Crippen LogP contribution is 2.37. The molecule has 0 saturated heterocycles. The van der Waals surface area contributed by atoms with Gasteiger partial charge in [0.25, 0.3) is 11.6 Å². The van der Waals surface area contributed by atoms with Gasteiger partial charge in [-0.15, -0.1) is 0 Å². The molecule has 0 aliphatic heterocycles. The Hall–Kier alpha value is -1.93. The number of carbonyl (C=O) groups excluding carboxylic acids is 1. The molecule has 0 spiro atoms. The van der Waals surface area contributed by atoms with Gasteiger partial charge in [0.05, 0.1) is 23.8 Å². The van der Waals surface area contributed by atoms with Gasteiger partial charge < -0.3 is 19.7 Å².